The topological polar surface area (TPSA) is 87.2 Å². The monoisotopic (exact) mass is 330 g/mol. The van der Waals surface area contributed by atoms with E-state index in [2.05, 4.69) is 37.7 Å². The zero-order valence-electron chi connectivity index (χ0n) is 14.6. The molecular weight excluding hydrogens is 304 g/mol. The molecule has 2 aromatic rings. The molecule has 7 heteroatoms. The number of H-pyrrole nitrogens is 1. The molecule has 0 atom stereocenters. The molecule has 0 bridgehead atoms. The van der Waals surface area contributed by atoms with Crippen molar-refractivity contribution in [2.45, 2.75) is 33.2 Å². The van der Waals surface area contributed by atoms with Crippen molar-refractivity contribution in [2.75, 3.05) is 20.2 Å². The van der Waals surface area contributed by atoms with Gasteiger partial charge in [0, 0.05) is 18.7 Å². The van der Waals surface area contributed by atoms with E-state index in [1.807, 2.05) is 31.2 Å². The summed E-state index contributed by atoms with van der Waals surface area (Å²) < 4.78 is 5.16. The second kappa shape index (κ2) is 9.54. The number of aromatic amines is 1. The van der Waals surface area contributed by atoms with E-state index < -0.39 is 0 Å². The molecule has 1 heterocycles. The first-order valence-electron chi connectivity index (χ1n) is 8.34. The highest BCUT2D eigenvalue weighted by atomic mass is 16.5. The van der Waals surface area contributed by atoms with Crippen molar-refractivity contribution >= 4 is 5.96 Å². The Balaban J connectivity index is 1.99. The highest BCUT2D eigenvalue weighted by molar-refractivity contribution is 5.79. The van der Waals surface area contributed by atoms with Crippen molar-refractivity contribution in [1.82, 2.24) is 25.8 Å². The molecule has 0 aliphatic heterocycles. The quantitative estimate of drug-likeness (QED) is 0.393. The standard InChI is InChI=1S/C17H26N6O/c1-4-6-11-19-17(18-5-2)20-12-15-21-16(23-22-15)13-7-9-14(24-3)10-8-13/h7-10H,4-6,11-12H2,1-3H3,(H2,18,19,20)(H,21,22,23). The van der Waals surface area contributed by atoms with Gasteiger partial charge in [-0.3, -0.25) is 5.10 Å². The van der Waals surface area contributed by atoms with Crippen LogP contribution in [0.1, 0.15) is 32.5 Å². The molecule has 2 rings (SSSR count). The molecule has 1 aromatic heterocycles. The second-order valence-corrected chi connectivity index (χ2v) is 5.31. The van der Waals surface area contributed by atoms with Crippen molar-refractivity contribution in [2.24, 2.45) is 4.99 Å². The summed E-state index contributed by atoms with van der Waals surface area (Å²) in [6.07, 6.45) is 2.27. The van der Waals surface area contributed by atoms with Gasteiger partial charge >= 0.3 is 0 Å². The predicted molar refractivity (Wildman–Crippen MR) is 96.1 cm³/mol. The van der Waals surface area contributed by atoms with Gasteiger partial charge in [-0.05, 0) is 37.6 Å². The third-order valence-corrected chi connectivity index (χ3v) is 3.43. The molecular formula is C17H26N6O. The van der Waals surface area contributed by atoms with Crippen molar-refractivity contribution in [3.05, 3.63) is 30.1 Å². The number of nitrogens with zero attached hydrogens (tertiary/aromatic N) is 3. The lowest BCUT2D eigenvalue weighted by atomic mass is 10.2. The zero-order chi connectivity index (χ0) is 17.2. The largest absolute Gasteiger partial charge is 0.497 e. The van der Waals surface area contributed by atoms with Crippen molar-refractivity contribution in [3.63, 3.8) is 0 Å². The second-order valence-electron chi connectivity index (χ2n) is 5.31. The first kappa shape index (κ1) is 17.8. The van der Waals surface area contributed by atoms with Crippen molar-refractivity contribution in [3.8, 4) is 17.1 Å². The van der Waals surface area contributed by atoms with Crippen LogP contribution in [-0.2, 0) is 6.54 Å². The van der Waals surface area contributed by atoms with Crippen molar-refractivity contribution < 1.29 is 4.74 Å². The Hall–Kier alpha value is -2.57. The molecule has 0 saturated carbocycles. The van der Waals surface area contributed by atoms with Crippen LogP contribution >= 0.6 is 0 Å². The van der Waals surface area contributed by atoms with E-state index in [0.29, 0.717) is 12.4 Å². The summed E-state index contributed by atoms with van der Waals surface area (Å²) in [5.41, 5.74) is 0.940. The number of hydrogen-bond donors (Lipinski definition) is 3. The number of hydrogen-bond acceptors (Lipinski definition) is 4. The predicted octanol–water partition coefficient (Wildman–Crippen LogP) is 2.34. The third kappa shape index (κ3) is 5.26. The Labute approximate surface area is 142 Å². The van der Waals surface area contributed by atoms with E-state index in [4.69, 9.17) is 4.74 Å². The third-order valence-electron chi connectivity index (χ3n) is 3.43. The molecule has 0 fully saturated rings. The van der Waals surface area contributed by atoms with Crippen LogP contribution < -0.4 is 15.4 Å². The van der Waals surface area contributed by atoms with Gasteiger partial charge in [0.15, 0.2) is 11.8 Å². The van der Waals surface area contributed by atoms with Crippen molar-refractivity contribution in [1.29, 1.82) is 0 Å². The van der Waals surface area contributed by atoms with Crippen LogP contribution in [0.15, 0.2) is 29.3 Å². The Bertz CT molecular complexity index is 635. The van der Waals surface area contributed by atoms with Gasteiger partial charge in [0.1, 0.15) is 18.1 Å². The number of rotatable bonds is 8. The highest BCUT2D eigenvalue weighted by Gasteiger charge is 2.06. The van der Waals surface area contributed by atoms with Gasteiger partial charge in [-0.25, -0.2) is 9.98 Å². The van der Waals surface area contributed by atoms with E-state index in [-0.39, 0.29) is 0 Å². The minimum Gasteiger partial charge on any atom is -0.497 e. The molecule has 0 aliphatic rings. The summed E-state index contributed by atoms with van der Waals surface area (Å²) in [6.45, 7) is 6.40. The Morgan fingerprint density at radius 2 is 2.00 bits per heavy atom. The summed E-state index contributed by atoms with van der Waals surface area (Å²) in [4.78, 5) is 9.02. The average molecular weight is 330 g/mol. The molecule has 24 heavy (non-hydrogen) atoms. The Kier molecular flexibility index (Phi) is 7.07. The molecule has 0 spiro atoms. The molecule has 0 aliphatic carbocycles. The number of benzene rings is 1. The molecule has 130 valence electrons. The maximum absolute atomic E-state index is 5.16. The fraction of sp³-hybridized carbons (Fsp3) is 0.471. The number of aliphatic imine (C=N–C) groups is 1. The lowest BCUT2D eigenvalue weighted by Crippen LogP contribution is -2.37. The van der Waals surface area contributed by atoms with E-state index >= 15 is 0 Å². The van der Waals surface area contributed by atoms with Gasteiger partial charge < -0.3 is 15.4 Å². The number of ether oxygens (including phenoxy) is 1. The Morgan fingerprint density at radius 3 is 2.67 bits per heavy atom. The van der Waals surface area contributed by atoms with Crippen LogP contribution in [0, 0.1) is 0 Å². The van der Waals surface area contributed by atoms with Crippen LogP contribution in [0.2, 0.25) is 0 Å². The molecule has 3 N–H and O–H groups in total. The first-order valence-corrected chi connectivity index (χ1v) is 8.34. The van der Waals surface area contributed by atoms with Gasteiger partial charge in [-0.15, -0.1) is 0 Å². The summed E-state index contributed by atoms with van der Waals surface area (Å²) >= 11 is 0. The van der Waals surface area contributed by atoms with Crippen LogP contribution in [0.4, 0.5) is 0 Å². The molecule has 0 radical (unpaired) electrons. The van der Waals surface area contributed by atoms with Crippen LogP contribution in [-0.4, -0.2) is 41.3 Å². The normalized spacial score (nSPS) is 11.4. The molecule has 0 saturated heterocycles. The summed E-state index contributed by atoms with van der Waals surface area (Å²) in [7, 11) is 1.65. The fourth-order valence-electron chi connectivity index (χ4n) is 2.11. The van der Waals surface area contributed by atoms with Crippen LogP contribution in [0.5, 0.6) is 5.75 Å². The minimum atomic E-state index is 0.449. The average Bonchev–Trinajstić information content (AvgIpc) is 3.09. The fourth-order valence-corrected chi connectivity index (χ4v) is 2.11. The minimum absolute atomic E-state index is 0.449. The maximum Gasteiger partial charge on any atom is 0.191 e. The lowest BCUT2D eigenvalue weighted by molar-refractivity contribution is 0.415. The lowest BCUT2D eigenvalue weighted by Gasteiger charge is -2.09. The SMILES string of the molecule is CCCCNC(=NCc1nc(-c2ccc(OC)cc2)n[nH]1)NCC. The van der Waals surface area contributed by atoms with Crippen LogP contribution in [0.3, 0.4) is 0 Å². The number of methoxy groups -OCH3 is 1. The molecule has 0 unspecified atom stereocenters. The Morgan fingerprint density at radius 1 is 1.21 bits per heavy atom. The number of guanidine groups is 1. The van der Waals surface area contributed by atoms with Gasteiger partial charge in [0.25, 0.3) is 0 Å². The first-order chi connectivity index (χ1) is 11.8. The van der Waals surface area contributed by atoms with Crippen LogP contribution in [0.25, 0.3) is 11.4 Å². The van der Waals surface area contributed by atoms with E-state index in [0.717, 1.165) is 49.0 Å². The number of nitrogens with one attached hydrogen (secondary N) is 3. The van der Waals surface area contributed by atoms with E-state index in [9.17, 15) is 0 Å². The highest BCUT2D eigenvalue weighted by Crippen LogP contribution is 2.18. The number of aromatic nitrogens is 3. The van der Waals surface area contributed by atoms with Gasteiger partial charge in [-0.1, -0.05) is 13.3 Å². The summed E-state index contributed by atoms with van der Waals surface area (Å²) in [5, 5.41) is 13.7. The summed E-state index contributed by atoms with van der Waals surface area (Å²) in [6, 6.07) is 7.66. The molecule has 1 aromatic carbocycles. The van der Waals surface area contributed by atoms with Gasteiger partial charge in [0.2, 0.25) is 0 Å². The smallest absolute Gasteiger partial charge is 0.191 e. The van der Waals surface area contributed by atoms with Gasteiger partial charge in [-0.2, -0.15) is 5.10 Å². The number of unbranched alkanes of at least 4 members (excludes halogenated alkanes) is 1. The summed E-state index contributed by atoms with van der Waals surface area (Å²) in [5.74, 6) is 3.00. The maximum atomic E-state index is 5.16. The molecule has 0 amide bonds. The van der Waals surface area contributed by atoms with Gasteiger partial charge in [0.05, 0.1) is 7.11 Å². The van der Waals surface area contributed by atoms with E-state index in [1.165, 1.54) is 0 Å². The van der Waals surface area contributed by atoms with E-state index in [1.54, 1.807) is 7.11 Å². The zero-order valence-corrected chi connectivity index (χ0v) is 14.6. The molecule has 7 nitrogen and oxygen atoms in total.